The number of hydrogen-bond acceptors (Lipinski definition) is 6. The van der Waals surface area contributed by atoms with Crippen LogP contribution in [-0.4, -0.2) is 51.9 Å². The number of amides is 1. The van der Waals surface area contributed by atoms with Gasteiger partial charge in [0.05, 0.1) is 36.9 Å². The maximum atomic E-state index is 14.8. The molecule has 11 heteroatoms. The molecule has 0 radical (unpaired) electrons. The van der Waals surface area contributed by atoms with Crippen molar-refractivity contribution in [3.05, 3.63) is 84.5 Å². The molecule has 0 fully saturated rings. The summed E-state index contributed by atoms with van der Waals surface area (Å²) in [6.07, 6.45) is 6.44. The van der Waals surface area contributed by atoms with Gasteiger partial charge in [0.1, 0.15) is 5.82 Å². The molecule has 0 aliphatic rings. The average molecular weight is 487 g/mol. The van der Waals surface area contributed by atoms with Gasteiger partial charge in [0.2, 0.25) is 0 Å². The van der Waals surface area contributed by atoms with Crippen molar-refractivity contribution < 1.29 is 14.3 Å². The van der Waals surface area contributed by atoms with Crippen LogP contribution in [0.5, 0.6) is 0 Å². The Morgan fingerprint density at radius 3 is 2.69 bits per heavy atom. The van der Waals surface area contributed by atoms with Crippen molar-refractivity contribution in [1.82, 2.24) is 34.3 Å². The number of aryl methyl sites for hydroxylation is 2. The number of pyridine rings is 1. The fraction of sp³-hybridized carbons (Fsp3) is 0.160. The van der Waals surface area contributed by atoms with Crippen LogP contribution in [0.3, 0.4) is 0 Å². The van der Waals surface area contributed by atoms with Gasteiger partial charge in [0, 0.05) is 41.8 Å². The highest BCUT2D eigenvalue weighted by molar-refractivity contribution is 6.03. The second-order valence-electron chi connectivity index (χ2n) is 8.23. The first-order chi connectivity index (χ1) is 17.4. The molecule has 1 aromatic carbocycles. The number of hydrogen-bond donors (Lipinski definition) is 2. The lowest BCUT2D eigenvalue weighted by Crippen LogP contribution is -2.13. The molecule has 0 unspecified atom stereocenters. The Morgan fingerprint density at radius 2 is 1.94 bits per heavy atom. The Kier molecular flexibility index (Phi) is 6.13. The molecule has 36 heavy (non-hydrogen) atoms. The fourth-order valence-corrected chi connectivity index (χ4v) is 3.83. The van der Waals surface area contributed by atoms with Crippen molar-refractivity contribution in [1.29, 1.82) is 0 Å². The van der Waals surface area contributed by atoms with Crippen LogP contribution in [-0.2, 0) is 13.6 Å². The third-order valence-corrected chi connectivity index (χ3v) is 5.53. The number of benzene rings is 1. The lowest BCUT2D eigenvalue weighted by Gasteiger charge is -2.09. The van der Waals surface area contributed by atoms with Gasteiger partial charge < -0.3 is 10.4 Å². The van der Waals surface area contributed by atoms with Crippen LogP contribution in [0.25, 0.3) is 28.2 Å². The number of nitrogens with one attached hydrogen (secondary N) is 1. The molecule has 10 nitrogen and oxygen atoms in total. The quantitative estimate of drug-likeness (QED) is 0.365. The lowest BCUT2D eigenvalue weighted by atomic mass is 10.0. The molecule has 4 aromatic heterocycles. The van der Waals surface area contributed by atoms with E-state index in [4.69, 9.17) is 5.11 Å². The molecule has 5 aromatic rings. The molecule has 0 aliphatic heterocycles. The normalized spacial score (nSPS) is 11.1. The predicted octanol–water partition coefficient (Wildman–Crippen LogP) is 3.22. The smallest absolute Gasteiger partial charge is 0.276 e. The maximum absolute atomic E-state index is 14.8. The molecule has 1 amide bonds. The Morgan fingerprint density at radius 1 is 1.08 bits per heavy atom. The van der Waals surface area contributed by atoms with E-state index in [1.54, 1.807) is 70.1 Å². The van der Waals surface area contributed by atoms with Crippen molar-refractivity contribution in [3.8, 4) is 28.2 Å². The van der Waals surface area contributed by atoms with Crippen molar-refractivity contribution in [3.63, 3.8) is 0 Å². The minimum absolute atomic E-state index is 0.0732. The molecule has 182 valence electrons. The average Bonchev–Trinajstić information content (AvgIpc) is 3.60. The molecular formula is C25H23FN8O2. The molecule has 0 bridgehead atoms. The topological polar surface area (TPSA) is 116 Å². The summed E-state index contributed by atoms with van der Waals surface area (Å²) < 4.78 is 19.5. The first kappa shape index (κ1) is 23.1. The summed E-state index contributed by atoms with van der Waals surface area (Å²) in [6, 6.07) is 11.8. The highest BCUT2D eigenvalue weighted by atomic mass is 19.1. The first-order valence-electron chi connectivity index (χ1n) is 11.2. The Labute approximate surface area is 205 Å². The van der Waals surface area contributed by atoms with E-state index in [9.17, 15) is 9.18 Å². The Balaban J connectivity index is 1.59. The Bertz CT molecular complexity index is 1550. The third-order valence-electron chi connectivity index (χ3n) is 5.53. The van der Waals surface area contributed by atoms with Crippen molar-refractivity contribution in [2.45, 2.75) is 13.5 Å². The number of nitrogens with zero attached hydrogens (tertiary/aromatic N) is 7. The number of aliphatic hydroxyl groups excluding tert-OH is 1. The second kappa shape index (κ2) is 9.55. The van der Waals surface area contributed by atoms with Crippen LogP contribution in [0.15, 0.2) is 67.3 Å². The van der Waals surface area contributed by atoms with Crippen LogP contribution in [0, 0.1) is 12.7 Å². The van der Waals surface area contributed by atoms with Gasteiger partial charge in [-0.3, -0.25) is 14.2 Å². The van der Waals surface area contributed by atoms with Crippen molar-refractivity contribution in [2.24, 2.45) is 7.05 Å². The molecule has 0 saturated carbocycles. The van der Waals surface area contributed by atoms with Gasteiger partial charge in [0.15, 0.2) is 11.5 Å². The monoisotopic (exact) mass is 486 g/mol. The minimum Gasteiger partial charge on any atom is -0.394 e. The summed E-state index contributed by atoms with van der Waals surface area (Å²) >= 11 is 0. The van der Waals surface area contributed by atoms with Gasteiger partial charge in [-0.15, -0.1) is 0 Å². The molecule has 0 aliphatic carbocycles. The summed E-state index contributed by atoms with van der Waals surface area (Å²) in [7, 11) is 1.76. The highest BCUT2D eigenvalue weighted by Gasteiger charge is 2.20. The van der Waals surface area contributed by atoms with Crippen LogP contribution in [0.4, 0.5) is 10.1 Å². The number of carbonyl (C=O) groups is 1. The summed E-state index contributed by atoms with van der Waals surface area (Å²) in [5, 5.41) is 24.7. The number of halogens is 1. The number of carbonyl (C=O) groups excluding carboxylic acids is 1. The SMILES string of the molecule is Cc1cccc(-n2nc(C(=O)Nc3cnn(C)c3)cc2-c2ccc(F)c(-c3cnn(CCO)c3)c2)n1. The summed E-state index contributed by atoms with van der Waals surface area (Å²) in [4.78, 5) is 17.5. The maximum Gasteiger partial charge on any atom is 0.276 e. The van der Waals surface area contributed by atoms with Gasteiger partial charge in [-0.1, -0.05) is 6.07 Å². The zero-order valence-electron chi connectivity index (χ0n) is 19.6. The van der Waals surface area contributed by atoms with Gasteiger partial charge in [-0.25, -0.2) is 14.1 Å². The van der Waals surface area contributed by atoms with Gasteiger partial charge >= 0.3 is 0 Å². The second-order valence-corrected chi connectivity index (χ2v) is 8.23. The summed E-state index contributed by atoms with van der Waals surface area (Å²) in [5.74, 6) is -0.313. The lowest BCUT2D eigenvalue weighted by molar-refractivity contribution is 0.102. The molecule has 4 heterocycles. The molecule has 0 atom stereocenters. The Hall–Kier alpha value is -4.64. The van der Waals surface area contributed by atoms with E-state index < -0.39 is 11.7 Å². The fourth-order valence-electron chi connectivity index (χ4n) is 3.83. The zero-order chi connectivity index (χ0) is 25.2. The van der Waals surface area contributed by atoms with Crippen LogP contribution in [0.2, 0.25) is 0 Å². The zero-order valence-corrected chi connectivity index (χ0v) is 19.6. The van der Waals surface area contributed by atoms with Gasteiger partial charge in [-0.05, 0) is 43.3 Å². The predicted molar refractivity (Wildman–Crippen MR) is 131 cm³/mol. The van der Waals surface area contributed by atoms with E-state index >= 15 is 0 Å². The van der Waals surface area contributed by atoms with Crippen LogP contribution >= 0.6 is 0 Å². The van der Waals surface area contributed by atoms with E-state index in [1.807, 2.05) is 19.1 Å². The largest absolute Gasteiger partial charge is 0.394 e. The summed E-state index contributed by atoms with van der Waals surface area (Å²) in [5.41, 5.74) is 3.59. The van der Waals surface area contributed by atoms with Gasteiger partial charge in [0.25, 0.3) is 5.91 Å². The molecule has 0 spiro atoms. The van der Waals surface area contributed by atoms with E-state index in [1.165, 1.54) is 6.07 Å². The van der Waals surface area contributed by atoms with E-state index in [2.05, 4.69) is 25.6 Å². The van der Waals surface area contributed by atoms with Crippen molar-refractivity contribution in [2.75, 3.05) is 11.9 Å². The molecule has 0 saturated heterocycles. The van der Waals surface area contributed by atoms with Gasteiger partial charge in [-0.2, -0.15) is 15.3 Å². The number of aliphatic hydroxyl groups is 1. The van der Waals surface area contributed by atoms with E-state index in [0.29, 0.717) is 40.4 Å². The molecule has 2 N–H and O–H groups in total. The first-order valence-corrected chi connectivity index (χ1v) is 11.2. The highest BCUT2D eigenvalue weighted by Crippen LogP contribution is 2.30. The van der Waals surface area contributed by atoms with E-state index in [-0.39, 0.29) is 12.3 Å². The number of anilines is 1. The summed E-state index contributed by atoms with van der Waals surface area (Å²) in [6.45, 7) is 2.10. The molecular weight excluding hydrogens is 463 g/mol. The molecule has 5 rings (SSSR count). The standard InChI is InChI=1S/C25H23FN8O2/c1-16-4-3-5-24(29-16)34-23(11-22(31-34)25(36)30-19-13-27-32(2)15-19)17-6-7-21(26)20(10-17)18-12-28-33(14-18)8-9-35/h3-7,10-15,35H,8-9H2,1-2H3,(H,30,36). The van der Waals surface area contributed by atoms with Crippen LogP contribution in [0.1, 0.15) is 16.2 Å². The van der Waals surface area contributed by atoms with Crippen molar-refractivity contribution >= 4 is 11.6 Å². The third kappa shape index (κ3) is 4.64. The van der Waals surface area contributed by atoms with Crippen LogP contribution < -0.4 is 5.32 Å². The number of aromatic nitrogens is 7. The minimum atomic E-state index is -0.420. The number of rotatable bonds is 7. The van der Waals surface area contributed by atoms with E-state index in [0.717, 1.165) is 5.69 Å².